The first-order valence-corrected chi connectivity index (χ1v) is 7.45. The van der Waals surface area contributed by atoms with Crippen molar-refractivity contribution in [3.05, 3.63) is 5.01 Å². The van der Waals surface area contributed by atoms with Crippen molar-refractivity contribution in [3.8, 4) is 6.07 Å². The van der Waals surface area contributed by atoms with E-state index >= 15 is 0 Å². The van der Waals surface area contributed by atoms with E-state index in [4.69, 9.17) is 5.26 Å². The number of anilines is 1. The molecule has 17 heavy (non-hydrogen) atoms. The summed E-state index contributed by atoms with van der Waals surface area (Å²) in [6.07, 6.45) is 0.757. The molecule has 1 atom stereocenters. The van der Waals surface area contributed by atoms with Crippen LogP contribution in [0.5, 0.6) is 0 Å². The van der Waals surface area contributed by atoms with Gasteiger partial charge in [0.05, 0.1) is 6.07 Å². The summed E-state index contributed by atoms with van der Waals surface area (Å²) >= 11 is 1.19. The van der Waals surface area contributed by atoms with Gasteiger partial charge in [0, 0.05) is 6.42 Å². The summed E-state index contributed by atoms with van der Waals surface area (Å²) in [6, 6.07) is 1.67. The minimum Gasteiger partial charge on any atom is -0.256 e. The smallest absolute Gasteiger partial charge is 0.250 e. The van der Waals surface area contributed by atoms with E-state index in [1.54, 1.807) is 6.07 Å². The van der Waals surface area contributed by atoms with Crippen LogP contribution in [0.2, 0.25) is 0 Å². The maximum Gasteiger partial charge on any atom is 0.250 e. The predicted molar refractivity (Wildman–Crippen MR) is 66.1 cm³/mol. The molecule has 0 fully saturated rings. The van der Waals surface area contributed by atoms with Crippen LogP contribution < -0.4 is 4.72 Å². The van der Waals surface area contributed by atoms with Crippen LogP contribution in [0.3, 0.4) is 0 Å². The van der Waals surface area contributed by atoms with Crippen LogP contribution in [0, 0.1) is 17.2 Å². The molecule has 6 nitrogen and oxygen atoms in total. The van der Waals surface area contributed by atoms with Crippen molar-refractivity contribution < 1.29 is 8.42 Å². The number of nitrogens with zero attached hydrogens (tertiary/aromatic N) is 3. The van der Waals surface area contributed by atoms with Gasteiger partial charge in [0.2, 0.25) is 5.13 Å². The monoisotopic (exact) mass is 274 g/mol. The van der Waals surface area contributed by atoms with Gasteiger partial charge >= 0.3 is 0 Å². The second kappa shape index (κ2) is 5.42. The van der Waals surface area contributed by atoms with Crippen LogP contribution in [-0.2, 0) is 16.4 Å². The topological polar surface area (TPSA) is 95.7 Å². The number of nitrogens with one attached hydrogen (secondary N) is 1. The second-order valence-electron chi connectivity index (χ2n) is 4.02. The Morgan fingerprint density at radius 2 is 2.06 bits per heavy atom. The lowest BCUT2D eigenvalue weighted by Gasteiger charge is -2.04. The first kappa shape index (κ1) is 13.9. The van der Waals surface area contributed by atoms with Gasteiger partial charge < -0.3 is 0 Å². The molecule has 0 aliphatic rings. The molecule has 8 heteroatoms. The second-order valence-corrected chi connectivity index (χ2v) is 7.08. The zero-order valence-corrected chi connectivity index (χ0v) is 11.5. The van der Waals surface area contributed by atoms with Crippen LogP contribution in [0.25, 0.3) is 0 Å². The van der Waals surface area contributed by atoms with E-state index in [2.05, 4.69) is 14.9 Å². The zero-order valence-electron chi connectivity index (χ0n) is 9.84. The standard InChI is InChI=1S/C9H14N4O2S2/c1-6(2)4-8-11-12-9(16-8)13-17(14,15)7(3)5-10/h6-7H,4H2,1-3H3,(H,12,13). The molecule has 1 unspecified atom stereocenters. The summed E-state index contributed by atoms with van der Waals surface area (Å²) < 4.78 is 25.4. The van der Waals surface area contributed by atoms with E-state index in [9.17, 15) is 8.42 Å². The van der Waals surface area contributed by atoms with Crippen molar-refractivity contribution in [1.82, 2.24) is 10.2 Å². The van der Waals surface area contributed by atoms with Gasteiger partial charge in [0.25, 0.3) is 10.0 Å². The average molecular weight is 274 g/mol. The van der Waals surface area contributed by atoms with Gasteiger partial charge in [0.1, 0.15) is 5.01 Å². The van der Waals surface area contributed by atoms with E-state index in [1.807, 2.05) is 13.8 Å². The highest BCUT2D eigenvalue weighted by Crippen LogP contribution is 2.20. The third kappa shape index (κ3) is 3.94. The molecular weight excluding hydrogens is 260 g/mol. The Balaban J connectivity index is 2.77. The van der Waals surface area contributed by atoms with Gasteiger partial charge in [-0.3, -0.25) is 4.72 Å². The van der Waals surface area contributed by atoms with Gasteiger partial charge in [-0.15, -0.1) is 10.2 Å². The lowest BCUT2D eigenvalue weighted by molar-refractivity contribution is 0.597. The SMILES string of the molecule is CC(C)Cc1nnc(NS(=O)(=O)C(C)C#N)s1. The van der Waals surface area contributed by atoms with Crippen molar-refractivity contribution in [2.75, 3.05) is 4.72 Å². The van der Waals surface area contributed by atoms with Crippen LogP contribution in [0.1, 0.15) is 25.8 Å². The normalized spacial score (nSPS) is 13.4. The van der Waals surface area contributed by atoms with Crippen LogP contribution in [0.15, 0.2) is 0 Å². The number of aromatic nitrogens is 2. The number of rotatable bonds is 5. The molecule has 0 aliphatic carbocycles. The lowest BCUT2D eigenvalue weighted by Crippen LogP contribution is -2.23. The van der Waals surface area contributed by atoms with E-state index in [0.29, 0.717) is 5.92 Å². The number of hydrogen-bond donors (Lipinski definition) is 1. The van der Waals surface area contributed by atoms with Gasteiger partial charge in [-0.2, -0.15) is 5.26 Å². The maximum atomic E-state index is 11.6. The van der Waals surface area contributed by atoms with Crippen LogP contribution >= 0.6 is 11.3 Å². The van der Waals surface area contributed by atoms with Gasteiger partial charge in [-0.05, 0) is 12.8 Å². The minimum atomic E-state index is -3.68. The third-order valence-corrected chi connectivity index (χ3v) is 4.43. The summed E-state index contributed by atoms with van der Waals surface area (Å²) in [5.41, 5.74) is 0. The Bertz CT molecular complexity index is 515. The number of nitriles is 1. The maximum absolute atomic E-state index is 11.6. The molecule has 1 rings (SSSR count). The molecule has 1 heterocycles. The lowest BCUT2D eigenvalue weighted by atomic mass is 10.1. The predicted octanol–water partition coefficient (Wildman–Crippen LogP) is 1.39. The van der Waals surface area contributed by atoms with Crippen molar-refractivity contribution in [2.45, 2.75) is 32.4 Å². The highest BCUT2D eigenvalue weighted by atomic mass is 32.2. The molecule has 0 aromatic carbocycles. The molecule has 0 aliphatic heterocycles. The Morgan fingerprint density at radius 1 is 1.41 bits per heavy atom. The Labute approximate surface area is 105 Å². The molecule has 1 aromatic heterocycles. The number of hydrogen-bond acceptors (Lipinski definition) is 6. The molecule has 0 amide bonds. The fourth-order valence-electron chi connectivity index (χ4n) is 1.01. The first-order chi connectivity index (χ1) is 7.85. The van der Waals surface area contributed by atoms with Crippen LogP contribution in [0.4, 0.5) is 5.13 Å². The van der Waals surface area contributed by atoms with E-state index < -0.39 is 15.3 Å². The molecule has 0 radical (unpaired) electrons. The summed E-state index contributed by atoms with van der Waals surface area (Å²) in [7, 11) is -3.68. The summed E-state index contributed by atoms with van der Waals surface area (Å²) in [6.45, 7) is 5.41. The molecule has 0 spiro atoms. The molecular formula is C9H14N4O2S2. The Kier molecular flexibility index (Phi) is 4.42. The highest BCUT2D eigenvalue weighted by Gasteiger charge is 2.21. The quantitative estimate of drug-likeness (QED) is 0.875. The highest BCUT2D eigenvalue weighted by molar-refractivity contribution is 7.93. The van der Waals surface area contributed by atoms with Crippen molar-refractivity contribution >= 4 is 26.5 Å². The molecule has 0 saturated carbocycles. The van der Waals surface area contributed by atoms with E-state index in [-0.39, 0.29) is 5.13 Å². The van der Waals surface area contributed by atoms with Crippen molar-refractivity contribution in [1.29, 1.82) is 5.26 Å². The average Bonchev–Trinajstić information content (AvgIpc) is 2.62. The summed E-state index contributed by atoms with van der Waals surface area (Å²) in [5, 5.41) is 16.1. The largest absolute Gasteiger partial charge is 0.256 e. The summed E-state index contributed by atoms with van der Waals surface area (Å²) in [5.74, 6) is 0.436. The Hall–Kier alpha value is -1.20. The zero-order chi connectivity index (χ0) is 13.1. The van der Waals surface area contributed by atoms with E-state index in [1.165, 1.54) is 18.3 Å². The minimum absolute atomic E-state index is 0.211. The molecule has 1 N–H and O–H groups in total. The summed E-state index contributed by atoms with van der Waals surface area (Å²) in [4.78, 5) is 0. The fraction of sp³-hybridized carbons (Fsp3) is 0.667. The van der Waals surface area contributed by atoms with Crippen molar-refractivity contribution in [3.63, 3.8) is 0 Å². The van der Waals surface area contributed by atoms with Gasteiger partial charge in [-0.1, -0.05) is 25.2 Å². The van der Waals surface area contributed by atoms with Gasteiger partial charge in [-0.25, -0.2) is 8.42 Å². The molecule has 1 aromatic rings. The molecule has 94 valence electrons. The molecule has 0 bridgehead atoms. The van der Waals surface area contributed by atoms with Crippen LogP contribution in [-0.4, -0.2) is 23.9 Å². The van der Waals surface area contributed by atoms with E-state index in [0.717, 1.165) is 11.4 Å². The van der Waals surface area contributed by atoms with Crippen molar-refractivity contribution in [2.24, 2.45) is 5.92 Å². The first-order valence-electron chi connectivity index (χ1n) is 5.08. The van der Waals surface area contributed by atoms with Gasteiger partial charge in [0.15, 0.2) is 5.25 Å². The Morgan fingerprint density at radius 3 is 2.59 bits per heavy atom. The third-order valence-electron chi connectivity index (χ3n) is 1.93. The number of sulfonamides is 1. The molecule has 0 saturated heterocycles. The fourth-order valence-corrected chi connectivity index (χ4v) is 2.92.